The van der Waals surface area contributed by atoms with E-state index < -0.39 is 0 Å². The number of urea groups is 1. The molecule has 0 radical (unpaired) electrons. The molecule has 2 saturated heterocycles. The number of hydrogen-bond donors (Lipinski definition) is 1. The van der Waals surface area contributed by atoms with E-state index in [2.05, 4.69) is 28.2 Å². The lowest BCUT2D eigenvalue weighted by Crippen LogP contribution is -2.54. The maximum absolute atomic E-state index is 12.4. The third kappa shape index (κ3) is 4.38. The molecule has 1 aromatic rings. The Kier molecular flexibility index (Phi) is 5.78. The SMILES string of the molecule is C[C@H](c1ccccn1)N1CCN(C(=O)N[C@H]2CCCSC2)CC1. The van der Waals surface area contributed by atoms with Gasteiger partial charge in [-0.2, -0.15) is 11.8 Å². The Labute approximate surface area is 142 Å². The molecular weight excluding hydrogens is 308 g/mol. The van der Waals surface area contributed by atoms with Crippen molar-refractivity contribution in [2.75, 3.05) is 37.7 Å². The number of amides is 2. The highest BCUT2D eigenvalue weighted by Gasteiger charge is 2.26. The van der Waals surface area contributed by atoms with Gasteiger partial charge in [-0.25, -0.2) is 4.79 Å². The van der Waals surface area contributed by atoms with E-state index in [0.717, 1.165) is 44.0 Å². The fourth-order valence-corrected chi connectivity index (χ4v) is 4.31. The fraction of sp³-hybridized carbons (Fsp3) is 0.647. The van der Waals surface area contributed by atoms with Crippen LogP contribution in [0.4, 0.5) is 4.79 Å². The van der Waals surface area contributed by atoms with Crippen molar-refractivity contribution in [2.24, 2.45) is 0 Å². The molecule has 3 heterocycles. The van der Waals surface area contributed by atoms with Crippen molar-refractivity contribution in [2.45, 2.75) is 31.8 Å². The number of carbonyl (C=O) groups excluding carboxylic acids is 1. The summed E-state index contributed by atoms with van der Waals surface area (Å²) < 4.78 is 0. The van der Waals surface area contributed by atoms with Crippen LogP contribution in [0.1, 0.15) is 31.5 Å². The van der Waals surface area contributed by atoms with Gasteiger partial charge in [-0.05, 0) is 37.7 Å². The van der Waals surface area contributed by atoms with Crippen LogP contribution in [0.5, 0.6) is 0 Å². The second-order valence-electron chi connectivity index (χ2n) is 6.32. The Morgan fingerprint density at radius 1 is 1.35 bits per heavy atom. The topological polar surface area (TPSA) is 48.5 Å². The molecule has 1 N–H and O–H groups in total. The lowest BCUT2D eigenvalue weighted by molar-refractivity contribution is 0.111. The average molecular weight is 334 g/mol. The smallest absolute Gasteiger partial charge is 0.317 e. The van der Waals surface area contributed by atoms with E-state index in [1.54, 1.807) is 0 Å². The van der Waals surface area contributed by atoms with E-state index in [0.29, 0.717) is 12.1 Å². The molecule has 6 heteroatoms. The van der Waals surface area contributed by atoms with Crippen molar-refractivity contribution in [3.63, 3.8) is 0 Å². The van der Waals surface area contributed by atoms with Crippen LogP contribution < -0.4 is 5.32 Å². The molecule has 0 aromatic carbocycles. The molecular formula is C17H26N4OS. The average Bonchev–Trinajstić information content (AvgIpc) is 2.63. The summed E-state index contributed by atoms with van der Waals surface area (Å²) >= 11 is 1.95. The molecule has 2 aliphatic heterocycles. The summed E-state index contributed by atoms with van der Waals surface area (Å²) in [6.45, 7) is 5.60. The Morgan fingerprint density at radius 3 is 2.83 bits per heavy atom. The van der Waals surface area contributed by atoms with Gasteiger partial charge in [-0.15, -0.1) is 0 Å². The van der Waals surface area contributed by atoms with Gasteiger partial charge in [0.2, 0.25) is 0 Å². The Hall–Kier alpha value is -1.27. The fourth-order valence-electron chi connectivity index (χ4n) is 3.24. The molecule has 0 aliphatic carbocycles. The van der Waals surface area contributed by atoms with E-state index >= 15 is 0 Å². The molecule has 126 valence electrons. The molecule has 2 amide bonds. The first-order valence-electron chi connectivity index (χ1n) is 8.52. The number of pyridine rings is 1. The summed E-state index contributed by atoms with van der Waals surface area (Å²) in [6.07, 6.45) is 4.18. The Bertz CT molecular complexity index is 499. The number of rotatable bonds is 3. The number of piperazine rings is 1. The van der Waals surface area contributed by atoms with Crippen LogP contribution in [0, 0.1) is 0 Å². The Balaban J connectivity index is 1.47. The number of nitrogens with one attached hydrogen (secondary N) is 1. The zero-order valence-electron chi connectivity index (χ0n) is 13.8. The van der Waals surface area contributed by atoms with E-state index in [1.807, 2.05) is 35.0 Å². The number of nitrogens with zero attached hydrogens (tertiary/aromatic N) is 3. The van der Waals surface area contributed by atoms with E-state index in [1.165, 1.54) is 12.2 Å². The normalized spacial score (nSPS) is 24.2. The largest absolute Gasteiger partial charge is 0.334 e. The van der Waals surface area contributed by atoms with E-state index in [-0.39, 0.29) is 6.03 Å². The van der Waals surface area contributed by atoms with Gasteiger partial charge >= 0.3 is 6.03 Å². The van der Waals surface area contributed by atoms with Crippen LogP contribution in [0.25, 0.3) is 0 Å². The Morgan fingerprint density at radius 2 is 2.17 bits per heavy atom. The summed E-state index contributed by atoms with van der Waals surface area (Å²) in [5.41, 5.74) is 1.10. The van der Waals surface area contributed by atoms with Crippen LogP contribution in [0.3, 0.4) is 0 Å². The van der Waals surface area contributed by atoms with E-state index in [9.17, 15) is 4.79 Å². The first kappa shape index (κ1) is 16.6. The van der Waals surface area contributed by atoms with Crippen LogP contribution in [0.15, 0.2) is 24.4 Å². The summed E-state index contributed by atoms with van der Waals surface area (Å²) in [4.78, 5) is 21.2. The van der Waals surface area contributed by atoms with Crippen LogP contribution in [-0.2, 0) is 0 Å². The van der Waals surface area contributed by atoms with E-state index in [4.69, 9.17) is 0 Å². The minimum absolute atomic E-state index is 0.114. The molecule has 2 aliphatic rings. The second-order valence-corrected chi connectivity index (χ2v) is 7.47. The van der Waals surface area contributed by atoms with Gasteiger partial charge in [0.15, 0.2) is 0 Å². The van der Waals surface area contributed by atoms with Crippen molar-refractivity contribution < 1.29 is 4.79 Å². The first-order valence-corrected chi connectivity index (χ1v) is 9.67. The van der Waals surface area contributed by atoms with Crippen molar-refractivity contribution in [3.05, 3.63) is 30.1 Å². The molecule has 3 rings (SSSR count). The monoisotopic (exact) mass is 334 g/mol. The summed E-state index contributed by atoms with van der Waals surface area (Å²) in [5.74, 6) is 2.29. The van der Waals surface area contributed by atoms with Gasteiger partial charge in [-0.1, -0.05) is 6.07 Å². The van der Waals surface area contributed by atoms with Gasteiger partial charge in [0, 0.05) is 50.2 Å². The molecule has 0 unspecified atom stereocenters. The molecule has 2 atom stereocenters. The minimum atomic E-state index is 0.114. The van der Waals surface area contributed by atoms with Crippen LogP contribution in [0.2, 0.25) is 0 Å². The second kappa shape index (κ2) is 8.02. The predicted molar refractivity (Wildman–Crippen MR) is 94.7 cm³/mol. The number of aromatic nitrogens is 1. The van der Waals surface area contributed by atoms with Gasteiger partial charge in [0.05, 0.1) is 5.69 Å². The highest BCUT2D eigenvalue weighted by molar-refractivity contribution is 7.99. The number of carbonyl (C=O) groups is 1. The standard InChI is InChI=1S/C17H26N4OS/c1-14(16-6-2-3-7-18-16)20-8-10-21(11-9-20)17(22)19-15-5-4-12-23-13-15/h2-3,6-7,14-15H,4-5,8-13H2,1H3,(H,19,22)/t14-,15+/m1/s1. The number of hydrogen-bond acceptors (Lipinski definition) is 4. The van der Waals surface area contributed by atoms with Crippen LogP contribution >= 0.6 is 11.8 Å². The molecule has 0 spiro atoms. The maximum Gasteiger partial charge on any atom is 0.317 e. The van der Waals surface area contributed by atoms with Crippen molar-refractivity contribution in [1.29, 1.82) is 0 Å². The van der Waals surface area contributed by atoms with Crippen LogP contribution in [-0.4, -0.2) is 64.5 Å². The predicted octanol–water partition coefficient (Wildman–Crippen LogP) is 2.37. The zero-order valence-corrected chi connectivity index (χ0v) is 14.6. The zero-order chi connectivity index (χ0) is 16.1. The van der Waals surface area contributed by atoms with Gasteiger partial charge < -0.3 is 10.2 Å². The third-order valence-electron chi connectivity index (χ3n) is 4.75. The lowest BCUT2D eigenvalue weighted by atomic mass is 10.1. The van der Waals surface area contributed by atoms with Crippen molar-refractivity contribution in [3.8, 4) is 0 Å². The summed E-state index contributed by atoms with van der Waals surface area (Å²) in [5, 5.41) is 3.20. The highest BCUT2D eigenvalue weighted by atomic mass is 32.2. The number of thioether (sulfide) groups is 1. The maximum atomic E-state index is 12.4. The molecule has 0 bridgehead atoms. The first-order chi connectivity index (χ1) is 11.2. The van der Waals surface area contributed by atoms with Crippen molar-refractivity contribution in [1.82, 2.24) is 20.1 Å². The summed E-state index contributed by atoms with van der Waals surface area (Å²) in [7, 11) is 0. The lowest BCUT2D eigenvalue weighted by Gasteiger charge is -2.38. The van der Waals surface area contributed by atoms with Gasteiger partial charge in [0.25, 0.3) is 0 Å². The molecule has 0 saturated carbocycles. The molecule has 2 fully saturated rings. The highest BCUT2D eigenvalue weighted by Crippen LogP contribution is 2.20. The minimum Gasteiger partial charge on any atom is -0.334 e. The summed E-state index contributed by atoms with van der Waals surface area (Å²) in [6, 6.07) is 6.82. The van der Waals surface area contributed by atoms with Gasteiger partial charge in [-0.3, -0.25) is 9.88 Å². The molecule has 1 aromatic heterocycles. The molecule has 5 nitrogen and oxygen atoms in total. The van der Waals surface area contributed by atoms with Crippen molar-refractivity contribution >= 4 is 17.8 Å². The molecule has 23 heavy (non-hydrogen) atoms. The quantitative estimate of drug-likeness (QED) is 0.922. The third-order valence-corrected chi connectivity index (χ3v) is 5.97. The van der Waals surface area contributed by atoms with Gasteiger partial charge in [0.1, 0.15) is 0 Å².